The Labute approximate surface area is 183 Å². The Balaban J connectivity index is 1.35. The zero-order chi connectivity index (χ0) is 21.8. The van der Waals surface area contributed by atoms with Crippen LogP contribution in [0.1, 0.15) is 73.5 Å². The van der Waals surface area contributed by atoms with Crippen molar-refractivity contribution in [3.8, 4) is 5.75 Å². The number of benzene rings is 1. The first-order valence-electron chi connectivity index (χ1n) is 11.4. The highest BCUT2D eigenvalue weighted by atomic mass is 16.5. The quantitative estimate of drug-likeness (QED) is 0.660. The third-order valence-electron chi connectivity index (χ3n) is 6.33. The van der Waals surface area contributed by atoms with E-state index in [9.17, 15) is 9.90 Å². The Kier molecular flexibility index (Phi) is 6.76. The van der Waals surface area contributed by atoms with E-state index in [1.165, 1.54) is 32.1 Å². The molecule has 2 aliphatic rings. The molecule has 2 atom stereocenters. The topological polar surface area (TPSA) is 84.6 Å². The molecule has 4 rings (SSSR count). The normalized spacial score (nSPS) is 21.9. The predicted molar refractivity (Wildman–Crippen MR) is 119 cm³/mol. The number of carboxylic acid groups (broad SMARTS) is 1. The highest BCUT2D eigenvalue weighted by Gasteiger charge is 2.29. The van der Waals surface area contributed by atoms with Crippen molar-refractivity contribution in [3.05, 3.63) is 52.7 Å². The molecule has 0 amide bonds. The Morgan fingerprint density at radius 3 is 2.90 bits per heavy atom. The molecule has 1 unspecified atom stereocenters. The van der Waals surface area contributed by atoms with Crippen LogP contribution in [0, 0.1) is 12.8 Å². The van der Waals surface area contributed by atoms with Crippen LogP contribution in [0.2, 0.25) is 0 Å². The molecule has 1 saturated carbocycles. The fourth-order valence-electron chi connectivity index (χ4n) is 4.65. The molecule has 1 aliphatic heterocycles. The largest absolute Gasteiger partial charge is 0.493 e. The number of fused-ring (bicyclic) bond motifs is 1. The summed E-state index contributed by atoms with van der Waals surface area (Å²) in [6.45, 7) is 4.39. The summed E-state index contributed by atoms with van der Waals surface area (Å²) >= 11 is 0. The van der Waals surface area contributed by atoms with Gasteiger partial charge in [0.05, 0.1) is 12.3 Å². The number of oxazole rings is 1. The van der Waals surface area contributed by atoms with E-state index in [-0.39, 0.29) is 6.04 Å². The van der Waals surface area contributed by atoms with E-state index in [0.717, 1.165) is 29.0 Å². The van der Waals surface area contributed by atoms with Crippen LogP contribution in [0.15, 0.2) is 28.7 Å². The van der Waals surface area contributed by atoms with Crippen molar-refractivity contribution in [1.29, 1.82) is 0 Å². The van der Waals surface area contributed by atoms with E-state index in [4.69, 9.17) is 9.15 Å². The molecule has 166 valence electrons. The molecular weight excluding hydrogens is 392 g/mol. The van der Waals surface area contributed by atoms with Crippen molar-refractivity contribution < 1.29 is 19.1 Å². The second-order valence-corrected chi connectivity index (χ2v) is 8.81. The highest BCUT2D eigenvalue weighted by Crippen LogP contribution is 2.29. The van der Waals surface area contributed by atoms with Gasteiger partial charge in [-0.2, -0.15) is 0 Å². The molecular formula is C25H32N2O4. The number of rotatable bonds is 7. The first-order chi connectivity index (χ1) is 15.0. The maximum Gasteiger partial charge on any atom is 0.325 e. The molecule has 1 fully saturated rings. The molecule has 0 bridgehead atoms. The molecule has 0 radical (unpaired) electrons. The molecule has 2 aromatic rings. The third kappa shape index (κ3) is 5.37. The Hall–Kier alpha value is -2.60. The lowest BCUT2D eigenvalue weighted by Gasteiger charge is -2.29. The first kappa shape index (κ1) is 21.6. The SMILES string of the molecule is Cc1oc(C=CC2CCCCC2)nc1CCOc1ccc2c(c1)C(C(=O)O)N[C@@H](C)C2. The second kappa shape index (κ2) is 9.69. The second-order valence-electron chi connectivity index (χ2n) is 8.81. The molecule has 2 heterocycles. The maximum atomic E-state index is 11.6. The smallest absolute Gasteiger partial charge is 0.325 e. The Morgan fingerprint density at radius 2 is 2.13 bits per heavy atom. The zero-order valence-corrected chi connectivity index (χ0v) is 18.4. The summed E-state index contributed by atoms with van der Waals surface area (Å²) in [6, 6.07) is 5.19. The Bertz CT molecular complexity index is 943. The number of aryl methyl sites for hydroxylation is 1. The van der Waals surface area contributed by atoms with E-state index in [2.05, 4.69) is 16.4 Å². The number of aliphatic carboxylic acids is 1. The van der Waals surface area contributed by atoms with Crippen LogP contribution in [0.4, 0.5) is 0 Å². The van der Waals surface area contributed by atoms with Crippen molar-refractivity contribution in [2.75, 3.05) is 6.61 Å². The maximum absolute atomic E-state index is 11.6. The molecule has 1 aromatic carbocycles. The fraction of sp³-hybridized carbons (Fsp3) is 0.520. The van der Waals surface area contributed by atoms with Gasteiger partial charge in [0, 0.05) is 12.5 Å². The van der Waals surface area contributed by atoms with Crippen molar-refractivity contribution >= 4 is 12.0 Å². The van der Waals surface area contributed by atoms with E-state index < -0.39 is 12.0 Å². The van der Waals surface area contributed by atoms with Gasteiger partial charge in [-0.3, -0.25) is 10.1 Å². The molecule has 0 spiro atoms. The average molecular weight is 425 g/mol. The standard InChI is InChI=1S/C25H32N2O4/c1-16-14-19-9-10-20(15-21(19)24(26-16)25(28)29)30-13-12-22-17(2)31-23(27-22)11-8-18-6-4-3-5-7-18/h8-11,15-16,18,24,26H,3-7,12-14H2,1-2H3,(H,28,29)/t16-,24?/m0/s1. The van der Waals surface area contributed by atoms with Crippen LogP contribution in [-0.2, 0) is 17.6 Å². The minimum atomic E-state index is -0.864. The number of carboxylic acids is 1. The fourth-order valence-corrected chi connectivity index (χ4v) is 4.65. The van der Waals surface area contributed by atoms with E-state index in [1.807, 2.05) is 38.1 Å². The summed E-state index contributed by atoms with van der Waals surface area (Å²) in [7, 11) is 0. The number of allylic oxidation sites excluding steroid dienone is 1. The number of ether oxygens (including phenoxy) is 1. The van der Waals surface area contributed by atoms with Crippen molar-refractivity contribution in [3.63, 3.8) is 0 Å². The lowest BCUT2D eigenvalue weighted by Crippen LogP contribution is -2.41. The van der Waals surface area contributed by atoms with Gasteiger partial charge in [-0.15, -0.1) is 0 Å². The van der Waals surface area contributed by atoms with E-state index in [0.29, 0.717) is 30.6 Å². The summed E-state index contributed by atoms with van der Waals surface area (Å²) in [4.78, 5) is 16.3. The van der Waals surface area contributed by atoms with Crippen LogP contribution in [0.25, 0.3) is 6.08 Å². The number of nitrogens with zero attached hydrogens (tertiary/aromatic N) is 1. The lowest BCUT2D eigenvalue weighted by atomic mass is 9.89. The van der Waals surface area contributed by atoms with Gasteiger partial charge in [0.15, 0.2) is 0 Å². The highest BCUT2D eigenvalue weighted by molar-refractivity contribution is 5.77. The van der Waals surface area contributed by atoms with Crippen LogP contribution >= 0.6 is 0 Å². The number of aromatic nitrogens is 1. The molecule has 1 aromatic heterocycles. The summed E-state index contributed by atoms with van der Waals surface area (Å²) in [5, 5.41) is 12.7. The van der Waals surface area contributed by atoms with Gasteiger partial charge in [-0.05, 0) is 68.4 Å². The third-order valence-corrected chi connectivity index (χ3v) is 6.33. The van der Waals surface area contributed by atoms with Gasteiger partial charge in [0.1, 0.15) is 17.6 Å². The van der Waals surface area contributed by atoms with Gasteiger partial charge in [0.25, 0.3) is 0 Å². The summed E-state index contributed by atoms with van der Waals surface area (Å²) in [6.07, 6.45) is 12.2. The van der Waals surface area contributed by atoms with Crippen LogP contribution in [0.3, 0.4) is 0 Å². The molecule has 6 nitrogen and oxygen atoms in total. The number of carbonyl (C=O) groups is 1. The lowest BCUT2D eigenvalue weighted by molar-refractivity contribution is -0.140. The summed E-state index contributed by atoms with van der Waals surface area (Å²) in [5.74, 6) is 1.94. The molecule has 6 heteroatoms. The predicted octanol–water partition coefficient (Wildman–Crippen LogP) is 4.86. The van der Waals surface area contributed by atoms with Crippen molar-refractivity contribution in [1.82, 2.24) is 10.3 Å². The van der Waals surface area contributed by atoms with Gasteiger partial charge in [0.2, 0.25) is 5.89 Å². The Morgan fingerprint density at radius 1 is 1.32 bits per heavy atom. The minimum Gasteiger partial charge on any atom is -0.493 e. The van der Waals surface area contributed by atoms with Crippen molar-refractivity contribution in [2.24, 2.45) is 5.92 Å². The van der Waals surface area contributed by atoms with E-state index in [1.54, 1.807) is 0 Å². The zero-order valence-electron chi connectivity index (χ0n) is 18.4. The van der Waals surface area contributed by atoms with Gasteiger partial charge < -0.3 is 14.3 Å². The van der Waals surface area contributed by atoms with Gasteiger partial charge >= 0.3 is 5.97 Å². The van der Waals surface area contributed by atoms with E-state index >= 15 is 0 Å². The monoisotopic (exact) mass is 424 g/mol. The number of hydrogen-bond acceptors (Lipinski definition) is 5. The number of hydrogen-bond donors (Lipinski definition) is 2. The average Bonchev–Trinajstić information content (AvgIpc) is 3.12. The van der Waals surface area contributed by atoms with Crippen LogP contribution in [-0.4, -0.2) is 28.7 Å². The van der Waals surface area contributed by atoms with Gasteiger partial charge in [-0.25, -0.2) is 4.98 Å². The first-order valence-corrected chi connectivity index (χ1v) is 11.4. The summed E-state index contributed by atoms with van der Waals surface area (Å²) < 4.78 is 11.7. The minimum absolute atomic E-state index is 0.136. The summed E-state index contributed by atoms with van der Waals surface area (Å²) in [5.41, 5.74) is 2.75. The molecule has 2 N–H and O–H groups in total. The van der Waals surface area contributed by atoms with Crippen LogP contribution in [0.5, 0.6) is 5.75 Å². The van der Waals surface area contributed by atoms with Gasteiger partial charge in [-0.1, -0.05) is 31.4 Å². The molecule has 0 saturated heterocycles. The van der Waals surface area contributed by atoms with Crippen molar-refractivity contribution in [2.45, 2.75) is 70.9 Å². The molecule has 31 heavy (non-hydrogen) atoms. The van der Waals surface area contributed by atoms with Crippen LogP contribution < -0.4 is 10.1 Å². The number of nitrogens with one attached hydrogen (secondary N) is 1. The molecule has 1 aliphatic carbocycles.